The lowest BCUT2D eigenvalue weighted by Crippen LogP contribution is -2.10. The maximum absolute atomic E-state index is 5.94. The first-order valence-corrected chi connectivity index (χ1v) is 7.64. The summed E-state index contributed by atoms with van der Waals surface area (Å²) in [6.45, 7) is 2.07. The first-order valence-electron chi connectivity index (χ1n) is 6.28. The first-order chi connectivity index (χ1) is 9.19. The van der Waals surface area contributed by atoms with E-state index < -0.39 is 0 Å². The van der Waals surface area contributed by atoms with Crippen molar-refractivity contribution < 1.29 is 0 Å². The van der Waals surface area contributed by atoms with Gasteiger partial charge in [0.05, 0.1) is 5.69 Å². The molecule has 1 atom stereocenters. The van der Waals surface area contributed by atoms with Crippen LogP contribution in [0.1, 0.15) is 30.6 Å². The highest BCUT2D eigenvalue weighted by molar-refractivity contribution is 7.98. The zero-order chi connectivity index (χ0) is 13.7. The summed E-state index contributed by atoms with van der Waals surface area (Å²) in [5, 5.41) is 0.772. The van der Waals surface area contributed by atoms with Gasteiger partial charge in [-0.25, -0.2) is 0 Å². The maximum Gasteiger partial charge on any atom is 0.0571 e. The predicted octanol–water partition coefficient (Wildman–Crippen LogP) is 4.44. The van der Waals surface area contributed by atoms with E-state index in [1.807, 2.05) is 36.5 Å². The van der Waals surface area contributed by atoms with E-state index >= 15 is 0 Å². The number of thioether (sulfide) groups is 1. The SMILES string of the molecule is CCC(N)c1ccc(SCc2ccc(Cl)cc2)cn1. The van der Waals surface area contributed by atoms with Crippen LogP contribution in [-0.4, -0.2) is 4.98 Å². The standard InChI is InChI=1S/C15H17ClN2S/c1-2-14(17)15-8-7-13(9-18-15)19-10-11-3-5-12(16)6-4-11/h3-9,14H,2,10,17H2,1H3. The number of hydrogen-bond donors (Lipinski definition) is 1. The van der Waals surface area contributed by atoms with Gasteiger partial charge in [-0.3, -0.25) is 4.98 Å². The molecule has 1 aromatic carbocycles. The molecule has 0 fully saturated rings. The molecular weight excluding hydrogens is 276 g/mol. The van der Waals surface area contributed by atoms with Crippen LogP contribution in [0.15, 0.2) is 47.5 Å². The smallest absolute Gasteiger partial charge is 0.0571 e. The number of halogens is 1. The van der Waals surface area contributed by atoms with E-state index in [1.54, 1.807) is 11.8 Å². The van der Waals surface area contributed by atoms with Gasteiger partial charge in [-0.1, -0.05) is 30.7 Å². The van der Waals surface area contributed by atoms with Crippen molar-refractivity contribution in [2.24, 2.45) is 5.73 Å². The van der Waals surface area contributed by atoms with Crippen molar-refractivity contribution in [2.45, 2.75) is 30.0 Å². The Kier molecular flexibility index (Phi) is 5.25. The molecule has 1 aromatic heterocycles. The van der Waals surface area contributed by atoms with Crippen LogP contribution in [-0.2, 0) is 5.75 Å². The quantitative estimate of drug-likeness (QED) is 0.828. The van der Waals surface area contributed by atoms with Gasteiger partial charge >= 0.3 is 0 Å². The van der Waals surface area contributed by atoms with E-state index in [-0.39, 0.29) is 6.04 Å². The van der Waals surface area contributed by atoms with Gasteiger partial charge in [0.1, 0.15) is 0 Å². The van der Waals surface area contributed by atoms with Crippen molar-refractivity contribution >= 4 is 23.4 Å². The molecule has 0 saturated carbocycles. The minimum absolute atomic E-state index is 0.0373. The second-order valence-electron chi connectivity index (χ2n) is 4.35. The molecule has 0 aliphatic heterocycles. The average molecular weight is 293 g/mol. The summed E-state index contributed by atoms with van der Waals surface area (Å²) in [5.74, 6) is 0.915. The van der Waals surface area contributed by atoms with Crippen LogP contribution in [0.3, 0.4) is 0 Å². The molecule has 2 rings (SSSR count). The van der Waals surface area contributed by atoms with E-state index in [4.69, 9.17) is 17.3 Å². The molecular formula is C15H17ClN2S. The van der Waals surface area contributed by atoms with Crippen LogP contribution in [0.4, 0.5) is 0 Å². The van der Waals surface area contributed by atoms with Crippen molar-refractivity contribution in [3.05, 3.63) is 58.9 Å². The third-order valence-electron chi connectivity index (χ3n) is 2.90. The van der Waals surface area contributed by atoms with E-state index in [0.29, 0.717) is 0 Å². The molecule has 100 valence electrons. The fourth-order valence-electron chi connectivity index (χ4n) is 1.65. The zero-order valence-electron chi connectivity index (χ0n) is 10.8. The topological polar surface area (TPSA) is 38.9 Å². The fourth-order valence-corrected chi connectivity index (χ4v) is 2.60. The molecule has 0 aliphatic carbocycles. The number of nitrogens with zero attached hydrogens (tertiary/aromatic N) is 1. The number of rotatable bonds is 5. The number of pyridine rings is 1. The normalized spacial score (nSPS) is 12.4. The highest BCUT2D eigenvalue weighted by atomic mass is 35.5. The summed E-state index contributed by atoms with van der Waals surface area (Å²) in [6.07, 6.45) is 2.80. The highest BCUT2D eigenvalue weighted by Crippen LogP contribution is 2.24. The molecule has 0 radical (unpaired) electrons. The van der Waals surface area contributed by atoms with Gasteiger partial charge in [-0.05, 0) is 36.2 Å². The van der Waals surface area contributed by atoms with Crippen LogP contribution < -0.4 is 5.73 Å². The van der Waals surface area contributed by atoms with Crippen molar-refractivity contribution in [3.8, 4) is 0 Å². The minimum Gasteiger partial charge on any atom is -0.323 e. The number of hydrogen-bond acceptors (Lipinski definition) is 3. The largest absolute Gasteiger partial charge is 0.323 e. The van der Waals surface area contributed by atoms with Gasteiger partial charge in [-0.15, -0.1) is 11.8 Å². The van der Waals surface area contributed by atoms with Crippen LogP contribution in [0.5, 0.6) is 0 Å². The maximum atomic E-state index is 5.94. The predicted molar refractivity (Wildman–Crippen MR) is 82.5 cm³/mol. The molecule has 0 amide bonds. The molecule has 1 heterocycles. The van der Waals surface area contributed by atoms with Crippen molar-refractivity contribution in [3.63, 3.8) is 0 Å². The minimum atomic E-state index is 0.0373. The molecule has 0 saturated heterocycles. The molecule has 1 unspecified atom stereocenters. The lowest BCUT2D eigenvalue weighted by molar-refractivity contribution is 0.674. The van der Waals surface area contributed by atoms with E-state index in [2.05, 4.69) is 18.0 Å². The highest BCUT2D eigenvalue weighted by Gasteiger charge is 2.04. The fraction of sp³-hybridized carbons (Fsp3) is 0.267. The van der Waals surface area contributed by atoms with Gasteiger partial charge < -0.3 is 5.73 Å². The molecule has 0 bridgehead atoms. The molecule has 4 heteroatoms. The van der Waals surface area contributed by atoms with Gasteiger partial charge in [-0.2, -0.15) is 0 Å². The Labute approximate surface area is 123 Å². The number of benzene rings is 1. The summed E-state index contributed by atoms with van der Waals surface area (Å²) < 4.78 is 0. The second-order valence-corrected chi connectivity index (χ2v) is 5.83. The average Bonchev–Trinajstić information content (AvgIpc) is 2.46. The summed E-state index contributed by atoms with van der Waals surface area (Å²) in [5.41, 5.74) is 8.15. The molecule has 2 N–H and O–H groups in total. The summed E-state index contributed by atoms with van der Waals surface area (Å²) in [6, 6.07) is 12.1. The Hall–Kier alpha value is -1.03. The van der Waals surface area contributed by atoms with Crippen LogP contribution >= 0.6 is 23.4 Å². The van der Waals surface area contributed by atoms with Crippen molar-refractivity contribution in [2.75, 3.05) is 0 Å². The van der Waals surface area contributed by atoms with Gasteiger partial charge in [0.25, 0.3) is 0 Å². The monoisotopic (exact) mass is 292 g/mol. The number of nitrogens with two attached hydrogens (primary N) is 1. The molecule has 2 nitrogen and oxygen atoms in total. The van der Waals surface area contributed by atoms with Crippen LogP contribution in [0.25, 0.3) is 0 Å². The van der Waals surface area contributed by atoms with E-state index in [0.717, 1.165) is 27.8 Å². The Balaban J connectivity index is 1.94. The molecule has 2 aromatic rings. The summed E-state index contributed by atoms with van der Waals surface area (Å²) in [7, 11) is 0. The third-order valence-corrected chi connectivity index (χ3v) is 4.20. The molecule has 19 heavy (non-hydrogen) atoms. The van der Waals surface area contributed by atoms with Crippen molar-refractivity contribution in [1.82, 2.24) is 4.98 Å². The van der Waals surface area contributed by atoms with E-state index in [9.17, 15) is 0 Å². The van der Waals surface area contributed by atoms with Gasteiger partial charge in [0, 0.05) is 27.9 Å². The zero-order valence-corrected chi connectivity index (χ0v) is 12.4. The van der Waals surface area contributed by atoms with Gasteiger partial charge in [0.2, 0.25) is 0 Å². The molecule has 0 aliphatic rings. The summed E-state index contributed by atoms with van der Waals surface area (Å²) >= 11 is 7.62. The Morgan fingerprint density at radius 2 is 1.95 bits per heavy atom. The van der Waals surface area contributed by atoms with Crippen molar-refractivity contribution in [1.29, 1.82) is 0 Å². The Morgan fingerprint density at radius 3 is 2.53 bits per heavy atom. The van der Waals surface area contributed by atoms with E-state index in [1.165, 1.54) is 5.56 Å². The molecule has 0 spiro atoms. The van der Waals surface area contributed by atoms with Crippen LogP contribution in [0.2, 0.25) is 5.02 Å². The lowest BCUT2D eigenvalue weighted by Gasteiger charge is -2.08. The lowest BCUT2D eigenvalue weighted by atomic mass is 10.1. The third kappa shape index (κ3) is 4.23. The van der Waals surface area contributed by atoms with Crippen LogP contribution in [0, 0.1) is 0 Å². The van der Waals surface area contributed by atoms with Gasteiger partial charge in [0.15, 0.2) is 0 Å². The summed E-state index contributed by atoms with van der Waals surface area (Å²) in [4.78, 5) is 5.56. The Morgan fingerprint density at radius 1 is 1.21 bits per heavy atom. The Bertz CT molecular complexity index is 511. The number of aromatic nitrogens is 1. The second kappa shape index (κ2) is 6.94. The first kappa shape index (κ1) is 14.4.